The van der Waals surface area contributed by atoms with Gasteiger partial charge in [-0.05, 0) is 49.1 Å². The second-order valence-electron chi connectivity index (χ2n) is 11.3. The number of hydrogen-bond acceptors (Lipinski definition) is 7. The Kier molecular flexibility index (Phi) is 7.33. The Morgan fingerprint density at radius 3 is 2.67 bits per heavy atom. The minimum absolute atomic E-state index is 0.148. The Morgan fingerprint density at radius 2 is 1.90 bits per heavy atom. The highest BCUT2D eigenvalue weighted by Gasteiger charge is 2.34. The zero-order valence-corrected chi connectivity index (χ0v) is 23.1. The van der Waals surface area contributed by atoms with E-state index in [0.29, 0.717) is 44.7 Å². The van der Waals surface area contributed by atoms with Crippen LogP contribution in [0, 0.1) is 24.2 Å². The van der Waals surface area contributed by atoms with Gasteiger partial charge >= 0.3 is 12.1 Å². The van der Waals surface area contributed by atoms with Gasteiger partial charge in [0.05, 0.1) is 37.4 Å². The van der Waals surface area contributed by atoms with E-state index >= 15 is 0 Å². The molecule has 208 valence electrons. The predicted molar refractivity (Wildman–Crippen MR) is 154 cm³/mol. The molecule has 40 heavy (non-hydrogen) atoms. The van der Waals surface area contributed by atoms with Crippen LogP contribution in [0.5, 0.6) is 6.01 Å². The number of aryl methyl sites for hydroxylation is 1. The highest BCUT2D eigenvalue weighted by molar-refractivity contribution is 5.97. The van der Waals surface area contributed by atoms with Crippen molar-refractivity contribution in [2.45, 2.75) is 58.0 Å². The first-order valence-electron chi connectivity index (χ1n) is 14.4. The van der Waals surface area contributed by atoms with Crippen molar-refractivity contribution < 1.29 is 14.6 Å². The number of ether oxygens (including phenoxy) is 1. The highest BCUT2D eigenvalue weighted by Crippen LogP contribution is 2.36. The number of nitriles is 1. The number of aromatic nitrogens is 2. The van der Waals surface area contributed by atoms with E-state index in [1.165, 1.54) is 52.6 Å². The van der Waals surface area contributed by atoms with Crippen LogP contribution in [0.25, 0.3) is 10.8 Å². The van der Waals surface area contributed by atoms with Gasteiger partial charge in [0.1, 0.15) is 5.82 Å². The molecule has 6 rings (SSSR count). The van der Waals surface area contributed by atoms with Gasteiger partial charge in [-0.25, -0.2) is 4.79 Å². The van der Waals surface area contributed by atoms with Crippen molar-refractivity contribution in [1.29, 1.82) is 5.26 Å². The van der Waals surface area contributed by atoms with Crippen LogP contribution < -0.4 is 14.5 Å². The number of carbonyl (C=O) groups is 1. The number of hydrogen-bond donors (Lipinski definition) is 1. The molecule has 3 heterocycles. The summed E-state index contributed by atoms with van der Waals surface area (Å²) in [4.78, 5) is 27.6. The molecule has 3 aliphatic rings. The zero-order valence-electron chi connectivity index (χ0n) is 23.1. The first-order valence-corrected chi connectivity index (χ1v) is 14.4. The SMILES string of the molecule is Cc1cccc2cccc(N3CCc4c(nc(OCC5CCCC5)nc4N4CCN(C(=O)O)[C@@H](CC#N)C4)C3)c12. The van der Waals surface area contributed by atoms with Crippen LogP contribution in [-0.4, -0.2) is 64.9 Å². The van der Waals surface area contributed by atoms with Crippen molar-refractivity contribution in [3.8, 4) is 12.1 Å². The van der Waals surface area contributed by atoms with Crippen LogP contribution >= 0.6 is 0 Å². The maximum atomic E-state index is 11.8. The van der Waals surface area contributed by atoms with Crippen molar-refractivity contribution in [2.24, 2.45) is 5.92 Å². The third-order valence-electron chi connectivity index (χ3n) is 8.73. The third-order valence-corrected chi connectivity index (χ3v) is 8.73. The molecule has 2 fully saturated rings. The predicted octanol–water partition coefficient (Wildman–Crippen LogP) is 5.15. The topological polar surface area (TPSA) is 106 Å². The van der Waals surface area contributed by atoms with Crippen LogP contribution in [-0.2, 0) is 13.0 Å². The molecule has 0 spiro atoms. The molecule has 1 aliphatic carbocycles. The van der Waals surface area contributed by atoms with Crippen molar-refractivity contribution in [3.05, 3.63) is 53.2 Å². The monoisotopic (exact) mass is 540 g/mol. The van der Waals surface area contributed by atoms with Crippen molar-refractivity contribution >= 4 is 28.4 Å². The zero-order chi connectivity index (χ0) is 27.6. The molecule has 1 aromatic heterocycles. The Hall–Kier alpha value is -4.06. The molecule has 9 heteroatoms. The van der Waals surface area contributed by atoms with Crippen LogP contribution in [0.1, 0.15) is 48.9 Å². The average molecular weight is 541 g/mol. The second-order valence-corrected chi connectivity index (χ2v) is 11.3. The second kappa shape index (κ2) is 11.2. The molecular formula is C31H36N6O3. The van der Waals surface area contributed by atoms with Crippen LogP contribution in [0.3, 0.4) is 0 Å². The largest absolute Gasteiger partial charge is 0.465 e. The van der Waals surface area contributed by atoms with Gasteiger partial charge in [-0.15, -0.1) is 0 Å². The number of carboxylic acid groups (broad SMARTS) is 1. The van der Waals surface area contributed by atoms with E-state index in [-0.39, 0.29) is 6.42 Å². The van der Waals surface area contributed by atoms with Gasteiger partial charge < -0.3 is 24.5 Å². The van der Waals surface area contributed by atoms with E-state index in [9.17, 15) is 15.2 Å². The summed E-state index contributed by atoms with van der Waals surface area (Å²) in [6.45, 7) is 5.54. The van der Waals surface area contributed by atoms with E-state index in [2.05, 4.69) is 59.2 Å². The molecule has 9 nitrogen and oxygen atoms in total. The Labute approximate surface area is 235 Å². The molecule has 1 N–H and O–H groups in total. The lowest BCUT2D eigenvalue weighted by atomic mass is 9.99. The molecule has 1 saturated carbocycles. The van der Waals surface area contributed by atoms with Gasteiger partial charge in [-0.3, -0.25) is 0 Å². The first kappa shape index (κ1) is 26.2. The maximum absolute atomic E-state index is 11.8. The fourth-order valence-electron chi connectivity index (χ4n) is 6.64. The number of piperazine rings is 1. The number of anilines is 2. The molecular weight excluding hydrogens is 504 g/mol. The van der Waals surface area contributed by atoms with Crippen molar-refractivity contribution in [3.63, 3.8) is 0 Å². The standard InChI is InChI=1S/C31H36N6O3/c1-21-6-4-9-23-10-5-11-27(28(21)23)35-15-13-25-26(19-35)33-30(40-20-22-7-2-3-8-22)34-29(25)36-16-17-37(31(38)39)24(18-36)12-14-32/h4-6,9-11,22,24H,2-3,7-8,12-13,15-20H2,1H3,(H,38,39)/t24-/m0/s1. The van der Waals surface area contributed by atoms with Crippen molar-refractivity contribution in [1.82, 2.24) is 14.9 Å². The van der Waals surface area contributed by atoms with Crippen LogP contribution in [0.4, 0.5) is 16.3 Å². The number of fused-ring (bicyclic) bond motifs is 2. The van der Waals surface area contributed by atoms with Gasteiger partial charge in [0.25, 0.3) is 0 Å². The van der Waals surface area contributed by atoms with Crippen molar-refractivity contribution in [2.75, 3.05) is 42.6 Å². The lowest BCUT2D eigenvalue weighted by Gasteiger charge is -2.41. The smallest absolute Gasteiger partial charge is 0.407 e. The number of benzene rings is 2. The summed E-state index contributed by atoms with van der Waals surface area (Å²) in [5.41, 5.74) is 4.52. The highest BCUT2D eigenvalue weighted by atomic mass is 16.5. The van der Waals surface area contributed by atoms with E-state index in [0.717, 1.165) is 30.0 Å². The summed E-state index contributed by atoms with van der Waals surface area (Å²) in [7, 11) is 0. The molecule has 2 aromatic carbocycles. The lowest BCUT2D eigenvalue weighted by molar-refractivity contribution is 0.119. The summed E-state index contributed by atoms with van der Waals surface area (Å²) in [6, 6.07) is 15.1. The minimum atomic E-state index is -0.980. The molecule has 2 aliphatic heterocycles. The summed E-state index contributed by atoms with van der Waals surface area (Å²) < 4.78 is 6.23. The summed E-state index contributed by atoms with van der Waals surface area (Å²) in [5.74, 6) is 1.37. The van der Waals surface area contributed by atoms with E-state index < -0.39 is 12.1 Å². The van der Waals surface area contributed by atoms with E-state index in [4.69, 9.17) is 14.7 Å². The molecule has 3 aromatic rings. The maximum Gasteiger partial charge on any atom is 0.407 e. The molecule has 1 amide bonds. The van der Waals surface area contributed by atoms with Gasteiger partial charge in [0.2, 0.25) is 0 Å². The lowest BCUT2D eigenvalue weighted by Crippen LogP contribution is -2.55. The summed E-state index contributed by atoms with van der Waals surface area (Å²) in [5, 5.41) is 21.6. The van der Waals surface area contributed by atoms with E-state index in [1.807, 2.05) is 0 Å². The van der Waals surface area contributed by atoms with Crippen LogP contribution in [0.15, 0.2) is 36.4 Å². The molecule has 1 saturated heterocycles. The van der Waals surface area contributed by atoms with Gasteiger partial charge in [0.15, 0.2) is 0 Å². The molecule has 1 atom stereocenters. The molecule has 0 bridgehead atoms. The number of nitrogens with zero attached hydrogens (tertiary/aromatic N) is 6. The fraction of sp³-hybridized carbons (Fsp3) is 0.484. The summed E-state index contributed by atoms with van der Waals surface area (Å²) in [6.07, 6.45) is 4.80. The normalized spacial score (nSPS) is 19.5. The minimum Gasteiger partial charge on any atom is -0.465 e. The van der Waals surface area contributed by atoms with Gasteiger partial charge in [-0.1, -0.05) is 43.2 Å². The Balaban J connectivity index is 1.34. The fourth-order valence-corrected chi connectivity index (χ4v) is 6.64. The summed E-state index contributed by atoms with van der Waals surface area (Å²) >= 11 is 0. The number of amides is 1. The van der Waals surface area contributed by atoms with Crippen LogP contribution in [0.2, 0.25) is 0 Å². The first-order chi connectivity index (χ1) is 19.5. The average Bonchev–Trinajstić information content (AvgIpc) is 3.49. The number of rotatable bonds is 6. The quantitative estimate of drug-likeness (QED) is 0.458. The molecule has 0 radical (unpaired) electrons. The third kappa shape index (κ3) is 5.10. The van der Waals surface area contributed by atoms with E-state index in [1.54, 1.807) is 0 Å². The Bertz CT molecular complexity index is 1440. The Morgan fingerprint density at radius 1 is 1.10 bits per heavy atom. The van der Waals surface area contributed by atoms with Gasteiger partial charge in [-0.2, -0.15) is 15.2 Å². The molecule has 0 unspecified atom stereocenters. The van der Waals surface area contributed by atoms with Gasteiger partial charge in [0, 0.05) is 42.8 Å².